The van der Waals surface area contributed by atoms with Gasteiger partial charge in [-0.1, -0.05) is 54.6 Å². The Morgan fingerprint density at radius 1 is 0.935 bits per heavy atom. The van der Waals surface area contributed by atoms with Crippen molar-refractivity contribution in [1.29, 1.82) is 0 Å². The SMILES string of the molecule is CC1(CS(C)(=O)=O)C(=O)n2c(c(-c3ccc(F)cc3)c3ccccc32)-c2ccccc21. The van der Waals surface area contributed by atoms with Gasteiger partial charge >= 0.3 is 0 Å². The van der Waals surface area contributed by atoms with Crippen molar-refractivity contribution in [2.75, 3.05) is 12.0 Å². The molecule has 1 aliphatic heterocycles. The molecule has 4 aromatic rings. The van der Waals surface area contributed by atoms with Crippen molar-refractivity contribution in [2.45, 2.75) is 12.3 Å². The van der Waals surface area contributed by atoms with Crippen molar-refractivity contribution in [3.05, 3.63) is 84.2 Å². The second kappa shape index (κ2) is 6.62. The lowest BCUT2D eigenvalue weighted by atomic mass is 9.76. The molecule has 6 heteroatoms. The van der Waals surface area contributed by atoms with Crippen molar-refractivity contribution >= 4 is 26.6 Å². The van der Waals surface area contributed by atoms with Gasteiger partial charge in [-0.05, 0) is 36.2 Å². The summed E-state index contributed by atoms with van der Waals surface area (Å²) >= 11 is 0. The number of carbonyl (C=O) groups excluding carboxylic acids is 1. The van der Waals surface area contributed by atoms with Gasteiger partial charge in [-0.25, -0.2) is 12.8 Å². The first-order valence-electron chi connectivity index (χ1n) is 9.92. The van der Waals surface area contributed by atoms with Crippen LogP contribution in [0.15, 0.2) is 72.8 Å². The molecular weight excluding hydrogens is 413 g/mol. The van der Waals surface area contributed by atoms with Crippen LogP contribution in [0.4, 0.5) is 4.39 Å². The van der Waals surface area contributed by atoms with E-state index in [1.54, 1.807) is 23.6 Å². The number of rotatable bonds is 3. The van der Waals surface area contributed by atoms with Gasteiger partial charge in [-0.2, -0.15) is 0 Å². The predicted molar refractivity (Wildman–Crippen MR) is 120 cm³/mol. The molecule has 0 N–H and O–H groups in total. The third-order valence-electron chi connectivity index (χ3n) is 6.01. The molecule has 1 unspecified atom stereocenters. The zero-order chi connectivity index (χ0) is 22.0. The highest BCUT2D eigenvalue weighted by Gasteiger charge is 2.46. The lowest BCUT2D eigenvalue weighted by molar-refractivity contribution is 0.0826. The summed E-state index contributed by atoms with van der Waals surface area (Å²) in [6.45, 7) is 1.70. The average Bonchev–Trinajstić information content (AvgIpc) is 3.07. The van der Waals surface area contributed by atoms with Crippen molar-refractivity contribution in [3.63, 3.8) is 0 Å². The first-order valence-corrected chi connectivity index (χ1v) is 12.0. The molecule has 5 rings (SSSR count). The molecule has 0 aliphatic carbocycles. The molecule has 1 atom stereocenters. The smallest absolute Gasteiger partial charge is 0.243 e. The lowest BCUT2D eigenvalue weighted by Crippen LogP contribution is -2.45. The highest BCUT2D eigenvalue weighted by atomic mass is 32.2. The van der Waals surface area contributed by atoms with E-state index in [0.717, 1.165) is 28.3 Å². The maximum absolute atomic E-state index is 13.9. The monoisotopic (exact) mass is 433 g/mol. The highest BCUT2D eigenvalue weighted by molar-refractivity contribution is 7.90. The summed E-state index contributed by atoms with van der Waals surface area (Å²) in [7, 11) is -3.44. The fraction of sp³-hybridized carbons (Fsp3) is 0.160. The standard InChI is InChI=1S/C25H20FNO3S/c1-25(15-31(2,29)30)20-9-5-3-7-18(20)23-22(16-11-13-17(26)14-12-16)19-8-4-6-10-21(19)27(23)24(25)28/h3-14H,15H2,1-2H3. The maximum Gasteiger partial charge on any atom is 0.243 e. The number of carbonyl (C=O) groups is 1. The van der Waals surface area contributed by atoms with Crippen LogP contribution >= 0.6 is 0 Å². The summed E-state index contributed by atoms with van der Waals surface area (Å²) in [6, 6.07) is 21.2. The van der Waals surface area contributed by atoms with Gasteiger partial charge in [-0.15, -0.1) is 0 Å². The second-order valence-electron chi connectivity index (χ2n) is 8.34. The van der Waals surface area contributed by atoms with Gasteiger partial charge in [0, 0.05) is 22.8 Å². The number of halogens is 1. The number of fused-ring (bicyclic) bond motifs is 5. The van der Waals surface area contributed by atoms with Crippen LogP contribution in [0.1, 0.15) is 17.3 Å². The molecular formula is C25H20FNO3S. The fourth-order valence-electron chi connectivity index (χ4n) is 4.81. The second-order valence-corrected chi connectivity index (χ2v) is 10.5. The van der Waals surface area contributed by atoms with Gasteiger partial charge in [0.05, 0.1) is 22.4 Å². The summed E-state index contributed by atoms with van der Waals surface area (Å²) in [4.78, 5) is 13.9. The van der Waals surface area contributed by atoms with E-state index in [-0.39, 0.29) is 17.5 Å². The Hall–Kier alpha value is -3.25. The van der Waals surface area contributed by atoms with Gasteiger partial charge in [0.25, 0.3) is 0 Å². The molecule has 0 saturated carbocycles. The number of hydrogen-bond donors (Lipinski definition) is 0. The number of hydrogen-bond acceptors (Lipinski definition) is 3. The Bertz CT molecular complexity index is 1470. The van der Waals surface area contributed by atoms with Crippen LogP contribution in [-0.4, -0.2) is 30.9 Å². The number of aromatic nitrogens is 1. The summed E-state index contributed by atoms with van der Waals surface area (Å²) in [5, 5.41) is 0.857. The molecule has 0 amide bonds. The van der Waals surface area contributed by atoms with Crippen LogP contribution in [-0.2, 0) is 15.3 Å². The van der Waals surface area contributed by atoms with Crippen LogP contribution in [0.2, 0.25) is 0 Å². The number of nitrogens with zero attached hydrogens (tertiary/aromatic N) is 1. The minimum Gasteiger partial charge on any atom is -0.278 e. The van der Waals surface area contributed by atoms with E-state index in [9.17, 15) is 17.6 Å². The van der Waals surface area contributed by atoms with E-state index in [1.165, 1.54) is 12.1 Å². The summed E-state index contributed by atoms with van der Waals surface area (Å²) in [6.07, 6.45) is 1.15. The Morgan fingerprint density at radius 2 is 1.58 bits per heavy atom. The summed E-state index contributed by atoms with van der Waals surface area (Å²) in [5.41, 5.74) is 3.31. The van der Waals surface area contributed by atoms with Gasteiger partial charge in [0.15, 0.2) is 0 Å². The normalized spacial score (nSPS) is 18.1. The van der Waals surface area contributed by atoms with E-state index >= 15 is 0 Å². The third kappa shape index (κ3) is 2.93. The lowest BCUT2D eigenvalue weighted by Gasteiger charge is -2.35. The Morgan fingerprint density at radius 3 is 2.29 bits per heavy atom. The number of benzene rings is 3. The van der Waals surface area contributed by atoms with E-state index in [2.05, 4.69) is 0 Å². The van der Waals surface area contributed by atoms with Gasteiger partial charge < -0.3 is 0 Å². The summed E-state index contributed by atoms with van der Waals surface area (Å²) < 4.78 is 39.9. The molecule has 0 radical (unpaired) electrons. The molecule has 156 valence electrons. The predicted octanol–water partition coefficient (Wildman–Crippen LogP) is 5.07. The van der Waals surface area contributed by atoms with Crippen molar-refractivity contribution in [3.8, 4) is 22.4 Å². The zero-order valence-corrected chi connectivity index (χ0v) is 17.9. The molecule has 0 spiro atoms. The van der Waals surface area contributed by atoms with Crippen LogP contribution in [0.3, 0.4) is 0 Å². The third-order valence-corrected chi connectivity index (χ3v) is 7.11. The van der Waals surface area contributed by atoms with Crippen molar-refractivity contribution in [2.24, 2.45) is 0 Å². The molecule has 1 aromatic heterocycles. The molecule has 0 bridgehead atoms. The zero-order valence-electron chi connectivity index (χ0n) is 17.1. The topological polar surface area (TPSA) is 56.1 Å². The fourth-order valence-corrected chi connectivity index (χ4v) is 6.14. The maximum atomic E-state index is 13.9. The Kier molecular flexibility index (Phi) is 4.21. The van der Waals surface area contributed by atoms with Gasteiger partial charge in [-0.3, -0.25) is 9.36 Å². The first kappa shape index (κ1) is 19.7. The number of sulfone groups is 1. The van der Waals surface area contributed by atoms with E-state index < -0.39 is 15.3 Å². The molecule has 31 heavy (non-hydrogen) atoms. The average molecular weight is 434 g/mol. The van der Waals surface area contributed by atoms with E-state index in [4.69, 9.17) is 0 Å². The molecule has 2 heterocycles. The van der Waals surface area contributed by atoms with Gasteiger partial charge in [0.1, 0.15) is 15.7 Å². The molecule has 0 saturated heterocycles. The first-order chi connectivity index (χ1) is 14.7. The van der Waals surface area contributed by atoms with Crippen LogP contribution in [0.5, 0.6) is 0 Å². The van der Waals surface area contributed by atoms with E-state index in [0.29, 0.717) is 16.8 Å². The van der Waals surface area contributed by atoms with Crippen LogP contribution in [0, 0.1) is 5.82 Å². The Balaban J connectivity index is 1.93. The van der Waals surface area contributed by atoms with Crippen LogP contribution < -0.4 is 0 Å². The highest BCUT2D eigenvalue weighted by Crippen LogP contribution is 2.49. The largest absolute Gasteiger partial charge is 0.278 e. The van der Waals surface area contributed by atoms with E-state index in [1.807, 2.05) is 48.5 Å². The van der Waals surface area contributed by atoms with Crippen LogP contribution in [0.25, 0.3) is 33.3 Å². The molecule has 4 nitrogen and oxygen atoms in total. The molecule has 1 aliphatic rings. The Labute approximate surface area is 179 Å². The summed E-state index contributed by atoms with van der Waals surface area (Å²) in [5.74, 6) is -0.900. The number of para-hydroxylation sites is 1. The molecule has 3 aromatic carbocycles. The minimum absolute atomic E-state index is 0.281. The molecule has 0 fully saturated rings. The van der Waals surface area contributed by atoms with Crippen molar-refractivity contribution < 1.29 is 17.6 Å². The van der Waals surface area contributed by atoms with Gasteiger partial charge in [0.2, 0.25) is 5.91 Å². The minimum atomic E-state index is -3.44. The quantitative estimate of drug-likeness (QED) is 0.453. The van der Waals surface area contributed by atoms with Crippen molar-refractivity contribution in [1.82, 2.24) is 4.57 Å².